The third kappa shape index (κ3) is 3.53. The Morgan fingerprint density at radius 3 is 2.53 bits per heavy atom. The first-order chi connectivity index (χ1) is 7.85. The summed E-state index contributed by atoms with van der Waals surface area (Å²) in [6.07, 6.45) is 1.21. The maximum absolute atomic E-state index is 10.9. The van der Waals surface area contributed by atoms with Crippen LogP contribution in [0.1, 0.15) is 5.69 Å². The first kappa shape index (κ1) is 13.1. The zero-order valence-electron chi connectivity index (χ0n) is 10.1. The Hall–Kier alpha value is -1.94. The van der Waals surface area contributed by atoms with Gasteiger partial charge in [-0.1, -0.05) is 19.6 Å². The van der Waals surface area contributed by atoms with Crippen molar-refractivity contribution >= 4 is 13.8 Å². The van der Waals surface area contributed by atoms with E-state index in [9.17, 15) is 10.1 Å². The van der Waals surface area contributed by atoms with Crippen molar-refractivity contribution in [3.05, 3.63) is 22.1 Å². The Morgan fingerprint density at radius 1 is 1.41 bits per heavy atom. The molecule has 0 amide bonds. The fraction of sp³-hybridized carbons (Fsp3) is 0.400. The number of rotatable bonds is 2. The Balaban J connectivity index is 3.33. The molecule has 0 unspecified atom stereocenters. The predicted molar refractivity (Wildman–Crippen MR) is 65.5 cm³/mol. The second kappa shape index (κ2) is 4.93. The van der Waals surface area contributed by atoms with Crippen LogP contribution in [0.2, 0.25) is 19.6 Å². The highest BCUT2D eigenvalue weighted by atomic mass is 28.3. The van der Waals surface area contributed by atoms with Crippen LogP contribution in [0, 0.1) is 21.6 Å². The Labute approximate surface area is 100 Å². The molecule has 0 N–H and O–H groups in total. The molecule has 1 aromatic rings. The van der Waals surface area contributed by atoms with Crippen LogP contribution < -0.4 is 4.74 Å². The molecule has 0 bridgehead atoms. The molecule has 1 aromatic heterocycles. The van der Waals surface area contributed by atoms with Crippen molar-refractivity contribution in [1.82, 2.24) is 9.97 Å². The van der Waals surface area contributed by atoms with Crippen LogP contribution in [-0.2, 0) is 0 Å². The molecule has 0 atom stereocenters. The Morgan fingerprint density at radius 2 is 2.06 bits per heavy atom. The van der Waals surface area contributed by atoms with Crippen LogP contribution >= 0.6 is 0 Å². The van der Waals surface area contributed by atoms with Crippen molar-refractivity contribution in [2.24, 2.45) is 0 Å². The van der Waals surface area contributed by atoms with Crippen molar-refractivity contribution in [2.45, 2.75) is 19.6 Å². The second-order valence-electron chi connectivity index (χ2n) is 4.34. The van der Waals surface area contributed by atoms with Gasteiger partial charge in [0.25, 0.3) is 5.88 Å². The van der Waals surface area contributed by atoms with Gasteiger partial charge in [-0.25, -0.2) is 4.98 Å². The molecule has 0 radical (unpaired) electrons. The van der Waals surface area contributed by atoms with Gasteiger partial charge in [-0.3, -0.25) is 10.1 Å². The average Bonchev–Trinajstić information content (AvgIpc) is 2.24. The molecule has 6 nitrogen and oxygen atoms in total. The number of hydrogen-bond acceptors (Lipinski definition) is 5. The van der Waals surface area contributed by atoms with E-state index in [1.807, 2.05) is 19.6 Å². The van der Waals surface area contributed by atoms with Gasteiger partial charge in [0.05, 0.1) is 12.0 Å². The van der Waals surface area contributed by atoms with Gasteiger partial charge in [-0.05, 0) is 5.92 Å². The van der Waals surface area contributed by atoms with E-state index < -0.39 is 13.0 Å². The normalized spacial score (nSPS) is 10.4. The van der Waals surface area contributed by atoms with Crippen LogP contribution in [-0.4, -0.2) is 30.1 Å². The lowest BCUT2D eigenvalue weighted by Gasteiger charge is -2.04. The van der Waals surface area contributed by atoms with Gasteiger partial charge in [0.2, 0.25) is 0 Å². The monoisotopic (exact) mass is 251 g/mol. The molecule has 7 heteroatoms. The topological polar surface area (TPSA) is 78.2 Å². The lowest BCUT2D eigenvalue weighted by Crippen LogP contribution is -2.16. The van der Waals surface area contributed by atoms with Gasteiger partial charge < -0.3 is 4.74 Å². The van der Waals surface area contributed by atoms with Crippen molar-refractivity contribution in [2.75, 3.05) is 7.11 Å². The van der Waals surface area contributed by atoms with Crippen LogP contribution in [0.3, 0.4) is 0 Å². The molecule has 90 valence electrons. The molecular formula is C10H13N3O3Si. The van der Waals surface area contributed by atoms with E-state index in [0.717, 1.165) is 0 Å². The van der Waals surface area contributed by atoms with Gasteiger partial charge in [0.15, 0.2) is 5.69 Å². The summed E-state index contributed by atoms with van der Waals surface area (Å²) in [5, 5.41) is 10.9. The summed E-state index contributed by atoms with van der Waals surface area (Å²) in [4.78, 5) is 17.9. The molecule has 0 aliphatic rings. The van der Waals surface area contributed by atoms with E-state index in [0.29, 0.717) is 0 Å². The third-order valence-electron chi connectivity index (χ3n) is 1.72. The van der Waals surface area contributed by atoms with E-state index >= 15 is 0 Å². The van der Waals surface area contributed by atoms with Crippen LogP contribution in [0.5, 0.6) is 5.88 Å². The van der Waals surface area contributed by atoms with E-state index in [1.54, 1.807) is 0 Å². The number of nitrogens with zero attached hydrogens (tertiary/aromatic N) is 3. The number of nitro groups is 1. The number of aromatic nitrogens is 2. The van der Waals surface area contributed by atoms with Crippen LogP contribution in [0.15, 0.2) is 6.33 Å². The third-order valence-corrected chi connectivity index (χ3v) is 2.60. The van der Waals surface area contributed by atoms with E-state index in [2.05, 4.69) is 21.4 Å². The molecule has 0 aliphatic carbocycles. The second-order valence-corrected chi connectivity index (χ2v) is 9.09. The molecule has 17 heavy (non-hydrogen) atoms. The number of hydrogen-bond donors (Lipinski definition) is 0. The number of methoxy groups -OCH3 is 1. The molecule has 0 fully saturated rings. The number of ether oxygens (including phenoxy) is 1. The highest BCUT2D eigenvalue weighted by molar-refractivity contribution is 6.83. The smallest absolute Gasteiger partial charge is 0.364 e. The predicted octanol–water partition coefficient (Wildman–Crippen LogP) is 1.62. The van der Waals surface area contributed by atoms with Crippen molar-refractivity contribution < 1.29 is 9.66 Å². The molecule has 0 spiro atoms. The first-order valence-corrected chi connectivity index (χ1v) is 8.41. The molecule has 0 saturated carbocycles. The lowest BCUT2D eigenvalue weighted by molar-refractivity contribution is -0.386. The quantitative estimate of drug-likeness (QED) is 0.345. The summed E-state index contributed by atoms with van der Waals surface area (Å²) in [5.74, 6) is 2.68. The molecular weight excluding hydrogens is 238 g/mol. The van der Waals surface area contributed by atoms with Gasteiger partial charge in [-0.2, -0.15) is 4.98 Å². The van der Waals surface area contributed by atoms with Crippen molar-refractivity contribution in [3.8, 4) is 17.3 Å². The summed E-state index contributed by atoms with van der Waals surface area (Å²) in [6.45, 7) is 6.14. The van der Waals surface area contributed by atoms with Crippen LogP contribution in [0.4, 0.5) is 5.69 Å². The Kier molecular flexibility index (Phi) is 3.80. The van der Waals surface area contributed by atoms with Gasteiger partial charge in [-0.15, -0.1) is 5.54 Å². The summed E-state index contributed by atoms with van der Waals surface area (Å²) >= 11 is 0. The van der Waals surface area contributed by atoms with Gasteiger partial charge >= 0.3 is 5.69 Å². The van der Waals surface area contributed by atoms with Crippen molar-refractivity contribution in [1.29, 1.82) is 0 Å². The molecule has 0 saturated heterocycles. The minimum atomic E-state index is -1.61. The minimum Gasteiger partial charge on any atom is -0.476 e. The highest BCUT2D eigenvalue weighted by Crippen LogP contribution is 2.25. The van der Waals surface area contributed by atoms with E-state index in [1.165, 1.54) is 13.4 Å². The van der Waals surface area contributed by atoms with Gasteiger partial charge in [0, 0.05) is 0 Å². The van der Waals surface area contributed by atoms with E-state index in [4.69, 9.17) is 4.74 Å². The maximum atomic E-state index is 10.9. The van der Waals surface area contributed by atoms with Gasteiger partial charge in [0.1, 0.15) is 14.4 Å². The Bertz CT molecular complexity index is 500. The zero-order valence-corrected chi connectivity index (χ0v) is 11.1. The molecule has 1 heterocycles. The summed E-state index contributed by atoms with van der Waals surface area (Å²) in [6, 6.07) is 0. The largest absolute Gasteiger partial charge is 0.476 e. The molecule has 0 aromatic carbocycles. The summed E-state index contributed by atoms with van der Waals surface area (Å²) < 4.78 is 4.83. The van der Waals surface area contributed by atoms with E-state index in [-0.39, 0.29) is 17.3 Å². The zero-order chi connectivity index (χ0) is 13.1. The molecule has 0 aliphatic heterocycles. The first-order valence-electron chi connectivity index (χ1n) is 4.91. The SMILES string of the molecule is COc1ncnc(C#C[Si](C)(C)C)c1[N+](=O)[O-]. The van der Waals surface area contributed by atoms with Crippen molar-refractivity contribution in [3.63, 3.8) is 0 Å². The maximum Gasteiger partial charge on any atom is 0.364 e. The fourth-order valence-corrected chi connectivity index (χ4v) is 1.51. The summed E-state index contributed by atoms with van der Waals surface area (Å²) in [7, 11) is -0.286. The summed E-state index contributed by atoms with van der Waals surface area (Å²) in [5.41, 5.74) is 2.85. The minimum absolute atomic E-state index is 0.0649. The molecule has 1 rings (SSSR count). The fourth-order valence-electron chi connectivity index (χ4n) is 1.01. The highest BCUT2D eigenvalue weighted by Gasteiger charge is 2.22. The standard InChI is InChI=1S/C10H13N3O3Si/c1-16-10-9(13(14)15)8(11-7-12-10)5-6-17(2,3)4/h7H,1-4H3. The lowest BCUT2D eigenvalue weighted by atomic mass is 10.3. The van der Waals surface area contributed by atoms with Crippen LogP contribution in [0.25, 0.3) is 0 Å². The average molecular weight is 251 g/mol.